The number of carbonyl (C=O) groups excluding carboxylic acids is 1. The largest absolute Gasteiger partial charge is 0.338 e. The zero-order valence-corrected chi connectivity index (χ0v) is 14.3. The molecule has 0 spiro atoms. The topological polar surface area (TPSA) is 92.1 Å². The zero-order chi connectivity index (χ0) is 16.2. The fraction of sp³-hybridized carbons (Fsp3) is 0.471. The molecule has 1 aliphatic rings. The smallest absolute Gasteiger partial charge is 0.258 e. The maximum atomic E-state index is 12.3. The lowest BCUT2D eigenvalue weighted by molar-refractivity contribution is -0.131. The molecule has 0 aliphatic carbocycles. The second-order valence-corrected chi connectivity index (χ2v) is 6.00. The predicted octanol–water partition coefficient (Wildman–Crippen LogP) is 1.62. The molecule has 1 unspecified atom stereocenters. The van der Waals surface area contributed by atoms with Gasteiger partial charge in [-0.25, -0.2) is 4.98 Å². The molecule has 1 saturated heterocycles. The molecule has 2 heterocycles. The van der Waals surface area contributed by atoms with E-state index < -0.39 is 0 Å². The Bertz CT molecular complexity index is 762. The highest BCUT2D eigenvalue weighted by Crippen LogP contribution is 2.18. The minimum Gasteiger partial charge on any atom is -0.338 e. The molecule has 2 aromatic rings. The summed E-state index contributed by atoms with van der Waals surface area (Å²) in [5.41, 5.74) is 6.28. The highest BCUT2D eigenvalue weighted by atomic mass is 35.5. The van der Waals surface area contributed by atoms with Gasteiger partial charge in [-0.1, -0.05) is 12.1 Å². The van der Waals surface area contributed by atoms with Crippen LogP contribution in [-0.4, -0.2) is 39.9 Å². The predicted molar refractivity (Wildman–Crippen MR) is 96.3 cm³/mol. The number of hydrogen-bond acceptors (Lipinski definition) is 4. The van der Waals surface area contributed by atoms with E-state index in [9.17, 15) is 9.59 Å². The zero-order valence-electron chi connectivity index (χ0n) is 13.5. The molecule has 0 bridgehead atoms. The Morgan fingerprint density at radius 1 is 1.38 bits per heavy atom. The number of likely N-dealkylation sites (tertiary alicyclic amines) is 1. The van der Waals surface area contributed by atoms with Crippen molar-refractivity contribution in [3.05, 3.63) is 40.4 Å². The Labute approximate surface area is 146 Å². The van der Waals surface area contributed by atoms with Crippen LogP contribution in [0.2, 0.25) is 0 Å². The van der Waals surface area contributed by atoms with Crippen molar-refractivity contribution in [3.8, 4) is 0 Å². The van der Waals surface area contributed by atoms with E-state index in [0.29, 0.717) is 42.5 Å². The Balaban J connectivity index is 0.00000208. The third-order valence-electron chi connectivity index (χ3n) is 4.44. The van der Waals surface area contributed by atoms with Gasteiger partial charge >= 0.3 is 0 Å². The van der Waals surface area contributed by atoms with Gasteiger partial charge in [-0.3, -0.25) is 9.59 Å². The second kappa shape index (κ2) is 8.26. The molecular formula is C17H23ClN4O2. The van der Waals surface area contributed by atoms with Crippen molar-refractivity contribution in [2.24, 2.45) is 5.73 Å². The van der Waals surface area contributed by atoms with Crippen LogP contribution in [0.4, 0.5) is 0 Å². The first-order chi connectivity index (χ1) is 11.2. The number of hydrogen-bond donors (Lipinski definition) is 2. The number of nitrogens with one attached hydrogen (secondary N) is 1. The van der Waals surface area contributed by atoms with Crippen LogP contribution >= 0.6 is 12.4 Å². The maximum Gasteiger partial charge on any atom is 0.258 e. The first kappa shape index (κ1) is 18.4. The van der Waals surface area contributed by atoms with Gasteiger partial charge in [0.25, 0.3) is 5.56 Å². The minimum absolute atomic E-state index is 0. The van der Waals surface area contributed by atoms with Gasteiger partial charge in [0.15, 0.2) is 0 Å². The van der Waals surface area contributed by atoms with Crippen LogP contribution in [-0.2, 0) is 11.2 Å². The molecule has 1 aromatic heterocycles. The number of amides is 1. The summed E-state index contributed by atoms with van der Waals surface area (Å²) >= 11 is 0. The highest BCUT2D eigenvalue weighted by molar-refractivity contribution is 5.85. The average molecular weight is 351 g/mol. The normalized spacial score (nSPS) is 17.0. The van der Waals surface area contributed by atoms with Crippen molar-refractivity contribution in [1.82, 2.24) is 14.9 Å². The summed E-state index contributed by atoms with van der Waals surface area (Å²) < 4.78 is 0. The summed E-state index contributed by atoms with van der Waals surface area (Å²) in [6.45, 7) is 1.34. The number of halogens is 1. The first-order valence-electron chi connectivity index (χ1n) is 8.16. The quantitative estimate of drug-likeness (QED) is 0.857. The molecule has 0 saturated carbocycles. The van der Waals surface area contributed by atoms with Gasteiger partial charge in [0.1, 0.15) is 5.82 Å². The van der Waals surface area contributed by atoms with Crippen LogP contribution in [0.1, 0.15) is 31.5 Å². The first-order valence-corrected chi connectivity index (χ1v) is 8.16. The lowest BCUT2D eigenvalue weighted by Crippen LogP contribution is -2.39. The minimum atomic E-state index is -0.125. The Morgan fingerprint density at radius 2 is 2.17 bits per heavy atom. The number of fused-ring (bicyclic) bond motifs is 1. The molecule has 1 atom stereocenters. The van der Waals surface area contributed by atoms with Gasteiger partial charge in [-0.15, -0.1) is 12.4 Å². The Morgan fingerprint density at radius 3 is 2.96 bits per heavy atom. The van der Waals surface area contributed by atoms with Crippen LogP contribution in [0.15, 0.2) is 29.1 Å². The molecule has 0 radical (unpaired) electrons. The van der Waals surface area contributed by atoms with Gasteiger partial charge < -0.3 is 15.6 Å². The van der Waals surface area contributed by atoms with Crippen molar-refractivity contribution >= 4 is 29.2 Å². The maximum absolute atomic E-state index is 12.3. The third kappa shape index (κ3) is 3.94. The van der Waals surface area contributed by atoms with Crippen LogP contribution in [0.25, 0.3) is 10.9 Å². The average Bonchev–Trinajstić information content (AvgIpc) is 3.03. The van der Waals surface area contributed by atoms with E-state index in [1.165, 1.54) is 0 Å². The number of aromatic nitrogens is 2. The summed E-state index contributed by atoms with van der Waals surface area (Å²) in [4.78, 5) is 33.4. The fourth-order valence-corrected chi connectivity index (χ4v) is 3.21. The molecule has 1 amide bonds. The number of benzene rings is 1. The van der Waals surface area contributed by atoms with Crippen molar-refractivity contribution < 1.29 is 4.79 Å². The molecule has 24 heavy (non-hydrogen) atoms. The molecule has 1 aliphatic heterocycles. The summed E-state index contributed by atoms with van der Waals surface area (Å²) in [7, 11) is 0. The summed E-state index contributed by atoms with van der Waals surface area (Å²) in [5, 5.41) is 0.593. The van der Waals surface area contributed by atoms with E-state index >= 15 is 0 Å². The SMILES string of the molecule is Cl.NCC1CCCN1C(=O)CCCc1nc2ccccc2c(=O)[nH]1. The third-order valence-corrected chi connectivity index (χ3v) is 4.44. The summed E-state index contributed by atoms with van der Waals surface area (Å²) in [6, 6.07) is 7.47. The van der Waals surface area contributed by atoms with Gasteiger partial charge in [0, 0.05) is 32.0 Å². The van der Waals surface area contributed by atoms with Gasteiger partial charge in [-0.05, 0) is 31.4 Å². The summed E-state index contributed by atoms with van der Waals surface area (Å²) in [6.07, 6.45) is 3.77. The standard InChI is InChI=1S/C17H22N4O2.ClH/c18-11-12-5-4-10-21(12)16(22)9-3-8-15-19-14-7-2-1-6-13(14)17(23)20-15;/h1-2,6-7,12H,3-5,8-11,18H2,(H,19,20,23);1H. The molecular weight excluding hydrogens is 328 g/mol. The fourth-order valence-electron chi connectivity index (χ4n) is 3.21. The Hall–Kier alpha value is -1.92. The van der Waals surface area contributed by atoms with Gasteiger partial charge in [0.05, 0.1) is 10.9 Å². The lowest BCUT2D eigenvalue weighted by Gasteiger charge is -2.23. The molecule has 3 rings (SSSR count). The number of aryl methyl sites for hydroxylation is 1. The molecule has 7 heteroatoms. The van der Waals surface area contributed by atoms with Gasteiger partial charge in [-0.2, -0.15) is 0 Å². The van der Waals surface area contributed by atoms with Crippen molar-refractivity contribution in [3.63, 3.8) is 0 Å². The van der Waals surface area contributed by atoms with Crippen LogP contribution in [0.3, 0.4) is 0 Å². The number of carbonyl (C=O) groups is 1. The summed E-state index contributed by atoms with van der Waals surface area (Å²) in [5.74, 6) is 0.791. The molecule has 3 N–H and O–H groups in total. The second-order valence-electron chi connectivity index (χ2n) is 6.00. The lowest BCUT2D eigenvalue weighted by atomic mass is 10.1. The number of para-hydroxylation sites is 1. The van der Waals surface area contributed by atoms with Crippen molar-refractivity contribution in [1.29, 1.82) is 0 Å². The van der Waals surface area contributed by atoms with E-state index in [1.54, 1.807) is 6.07 Å². The molecule has 6 nitrogen and oxygen atoms in total. The molecule has 1 fully saturated rings. The Kier molecular flexibility index (Phi) is 6.34. The van der Waals surface area contributed by atoms with Crippen molar-refractivity contribution in [2.75, 3.05) is 13.1 Å². The molecule has 1 aromatic carbocycles. The van der Waals surface area contributed by atoms with Crippen molar-refractivity contribution in [2.45, 2.75) is 38.1 Å². The van der Waals surface area contributed by atoms with E-state index in [-0.39, 0.29) is 29.9 Å². The number of nitrogens with zero attached hydrogens (tertiary/aromatic N) is 2. The number of rotatable bonds is 5. The van der Waals surface area contributed by atoms with E-state index in [2.05, 4.69) is 9.97 Å². The number of H-pyrrole nitrogens is 1. The van der Waals surface area contributed by atoms with E-state index in [0.717, 1.165) is 19.4 Å². The number of aromatic amines is 1. The monoisotopic (exact) mass is 350 g/mol. The molecule has 130 valence electrons. The van der Waals surface area contributed by atoms with E-state index in [1.807, 2.05) is 23.1 Å². The van der Waals surface area contributed by atoms with Crippen LogP contribution in [0.5, 0.6) is 0 Å². The van der Waals surface area contributed by atoms with E-state index in [4.69, 9.17) is 5.73 Å². The number of nitrogens with two attached hydrogens (primary N) is 1. The van der Waals surface area contributed by atoms with Crippen LogP contribution in [0, 0.1) is 0 Å². The highest BCUT2D eigenvalue weighted by Gasteiger charge is 2.26. The van der Waals surface area contributed by atoms with Crippen LogP contribution < -0.4 is 11.3 Å². The van der Waals surface area contributed by atoms with Gasteiger partial charge in [0.2, 0.25) is 5.91 Å².